The smallest absolute Gasteiger partial charge is 0.163 e. The van der Waals surface area contributed by atoms with E-state index in [1.54, 1.807) is 0 Å². The molecule has 28 heavy (non-hydrogen) atoms. The standard InChI is InChI=1S/C25H34N2O/c1-24(2)14-20-5-4-16(15-26-3)9-21(20)22(27-24)10-23(28)25-11-17-6-18(12-25)8-19(7-17)13-25/h4-5,9-10,17-19,26-27H,6-8,11-15H2,1-3H3/b22-10+. The Morgan fingerprint density at radius 3 is 2.39 bits per heavy atom. The van der Waals surface area contributed by atoms with Crippen LogP contribution in [0.25, 0.3) is 5.70 Å². The highest BCUT2D eigenvalue weighted by Gasteiger charge is 2.54. The van der Waals surface area contributed by atoms with E-state index in [1.807, 2.05) is 13.1 Å². The second-order valence-corrected chi connectivity index (χ2v) is 10.8. The normalized spacial score (nSPS) is 36.2. The summed E-state index contributed by atoms with van der Waals surface area (Å²) in [4.78, 5) is 13.7. The van der Waals surface area contributed by atoms with Crippen LogP contribution >= 0.6 is 0 Å². The molecule has 4 fully saturated rings. The van der Waals surface area contributed by atoms with Crippen LogP contribution in [0.2, 0.25) is 0 Å². The molecule has 0 amide bonds. The summed E-state index contributed by atoms with van der Waals surface area (Å²) in [6, 6.07) is 6.75. The lowest BCUT2D eigenvalue weighted by Gasteiger charge is -2.55. The SMILES string of the molecule is CNCc1ccc2c(c1)/C(=C\C(=O)C13CC4CC(CC(C4)C1)C3)NC(C)(C)C2. The Morgan fingerprint density at radius 2 is 1.79 bits per heavy atom. The van der Waals surface area contributed by atoms with Crippen LogP contribution in [-0.4, -0.2) is 18.4 Å². The molecule has 1 heterocycles. The molecular formula is C25H34N2O. The zero-order chi connectivity index (χ0) is 19.5. The number of hydrogen-bond acceptors (Lipinski definition) is 3. The Labute approximate surface area is 169 Å². The maximum Gasteiger partial charge on any atom is 0.163 e. The van der Waals surface area contributed by atoms with Gasteiger partial charge in [-0.1, -0.05) is 12.1 Å². The van der Waals surface area contributed by atoms with Crippen molar-refractivity contribution in [2.24, 2.45) is 23.2 Å². The first-order valence-electron chi connectivity index (χ1n) is 11.2. The topological polar surface area (TPSA) is 41.1 Å². The molecule has 4 aliphatic carbocycles. The lowest BCUT2D eigenvalue weighted by molar-refractivity contribution is -0.138. The van der Waals surface area contributed by atoms with Crippen LogP contribution in [0.4, 0.5) is 0 Å². The first-order valence-corrected chi connectivity index (χ1v) is 11.2. The average molecular weight is 379 g/mol. The van der Waals surface area contributed by atoms with Crippen molar-refractivity contribution < 1.29 is 4.79 Å². The Balaban J connectivity index is 1.51. The van der Waals surface area contributed by atoms with E-state index in [9.17, 15) is 4.79 Å². The summed E-state index contributed by atoms with van der Waals surface area (Å²) >= 11 is 0. The molecule has 6 rings (SSSR count). The molecule has 3 nitrogen and oxygen atoms in total. The van der Waals surface area contributed by atoms with E-state index in [-0.39, 0.29) is 11.0 Å². The van der Waals surface area contributed by atoms with Crippen molar-refractivity contribution in [3.63, 3.8) is 0 Å². The van der Waals surface area contributed by atoms with Crippen molar-refractivity contribution in [1.82, 2.24) is 10.6 Å². The zero-order valence-corrected chi connectivity index (χ0v) is 17.6. The average Bonchev–Trinajstić information content (AvgIpc) is 2.60. The van der Waals surface area contributed by atoms with Crippen LogP contribution in [-0.2, 0) is 17.8 Å². The molecular weight excluding hydrogens is 344 g/mol. The largest absolute Gasteiger partial charge is 0.379 e. The van der Waals surface area contributed by atoms with Gasteiger partial charge in [0.15, 0.2) is 5.78 Å². The van der Waals surface area contributed by atoms with Crippen LogP contribution in [0.15, 0.2) is 24.3 Å². The molecule has 1 aliphatic heterocycles. The van der Waals surface area contributed by atoms with Crippen molar-refractivity contribution >= 4 is 11.5 Å². The number of ketones is 1. The molecule has 4 bridgehead atoms. The minimum atomic E-state index is -0.0617. The summed E-state index contributed by atoms with van der Waals surface area (Å²) < 4.78 is 0. The third-order valence-corrected chi connectivity index (χ3v) is 7.79. The number of carbonyl (C=O) groups is 1. The van der Waals surface area contributed by atoms with Crippen molar-refractivity contribution in [3.05, 3.63) is 41.0 Å². The fraction of sp³-hybridized carbons (Fsp3) is 0.640. The summed E-state index contributed by atoms with van der Waals surface area (Å²) in [5.41, 5.74) is 4.82. The summed E-state index contributed by atoms with van der Waals surface area (Å²) in [6.45, 7) is 5.33. The summed E-state index contributed by atoms with van der Waals surface area (Å²) in [7, 11) is 1.98. The van der Waals surface area contributed by atoms with Gasteiger partial charge in [0.25, 0.3) is 0 Å². The highest BCUT2D eigenvalue weighted by atomic mass is 16.1. The molecule has 5 aliphatic rings. The number of carbonyl (C=O) groups excluding carboxylic acids is 1. The van der Waals surface area contributed by atoms with Crippen molar-refractivity contribution in [2.75, 3.05) is 7.05 Å². The van der Waals surface area contributed by atoms with Gasteiger partial charge in [-0.05, 0) is 101 Å². The molecule has 1 aromatic rings. The van der Waals surface area contributed by atoms with Gasteiger partial charge in [-0.15, -0.1) is 0 Å². The van der Waals surface area contributed by atoms with E-state index < -0.39 is 0 Å². The zero-order valence-electron chi connectivity index (χ0n) is 17.6. The quantitative estimate of drug-likeness (QED) is 0.760. The summed E-state index contributed by atoms with van der Waals surface area (Å²) in [5, 5.41) is 6.95. The Morgan fingerprint density at radius 1 is 1.14 bits per heavy atom. The first kappa shape index (κ1) is 18.4. The second kappa shape index (κ2) is 6.45. The highest BCUT2D eigenvalue weighted by Crippen LogP contribution is 2.60. The van der Waals surface area contributed by atoms with Gasteiger partial charge in [-0.3, -0.25) is 4.79 Å². The Hall–Kier alpha value is -1.61. The maximum atomic E-state index is 13.7. The first-order chi connectivity index (χ1) is 13.4. The van der Waals surface area contributed by atoms with Gasteiger partial charge in [0.2, 0.25) is 0 Å². The monoisotopic (exact) mass is 378 g/mol. The van der Waals surface area contributed by atoms with Gasteiger partial charge in [0.1, 0.15) is 0 Å². The van der Waals surface area contributed by atoms with Crippen molar-refractivity contribution in [3.8, 4) is 0 Å². The van der Waals surface area contributed by atoms with E-state index in [2.05, 4.69) is 42.7 Å². The number of hydrogen-bond donors (Lipinski definition) is 2. The minimum Gasteiger partial charge on any atom is -0.379 e. The van der Waals surface area contributed by atoms with E-state index in [0.717, 1.165) is 55.7 Å². The van der Waals surface area contributed by atoms with E-state index in [1.165, 1.54) is 36.0 Å². The molecule has 0 saturated heterocycles. The predicted molar refractivity (Wildman–Crippen MR) is 114 cm³/mol. The highest BCUT2D eigenvalue weighted by molar-refractivity contribution is 6.01. The van der Waals surface area contributed by atoms with Crippen molar-refractivity contribution in [2.45, 2.75) is 70.9 Å². The number of fused-ring (bicyclic) bond motifs is 1. The fourth-order valence-electron chi connectivity index (χ4n) is 7.11. The Kier molecular flexibility index (Phi) is 4.24. The third kappa shape index (κ3) is 3.12. The predicted octanol–water partition coefficient (Wildman–Crippen LogP) is 4.46. The van der Waals surface area contributed by atoms with Gasteiger partial charge >= 0.3 is 0 Å². The minimum absolute atomic E-state index is 0.0227. The molecule has 0 unspecified atom stereocenters. The molecule has 150 valence electrons. The van der Waals surface area contributed by atoms with Gasteiger partial charge in [-0.25, -0.2) is 0 Å². The summed E-state index contributed by atoms with van der Waals surface area (Å²) in [5.74, 6) is 2.81. The van der Waals surface area contributed by atoms with Gasteiger partial charge in [-0.2, -0.15) is 0 Å². The molecule has 4 saturated carbocycles. The lowest BCUT2D eigenvalue weighted by Crippen LogP contribution is -2.50. The molecule has 0 radical (unpaired) electrons. The van der Waals surface area contributed by atoms with Gasteiger partial charge in [0.05, 0.1) is 0 Å². The number of rotatable bonds is 4. The van der Waals surface area contributed by atoms with Gasteiger partial charge in [0, 0.05) is 34.8 Å². The fourth-order valence-corrected chi connectivity index (χ4v) is 7.11. The number of benzene rings is 1. The molecule has 0 spiro atoms. The van der Waals surface area contributed by atoms with Crippen LogP contribution in [0.3, 0.4) is 0 Å². The molecule has 2 N–H and O–H groups in total. The van der Waals surface area contributed by atoms with Crippen LogP contribution < -0.4 is 10.6 Å². The van der Waals surface area contributed by atoms with E-state index in [0.29, 0.717) is 5.78 Å². The lowest BCUT2D eigenvalue weighted by atomic mass is 9.48. The summed E-state index contributed by atoms with van der Waals surface area (Å²) in [6.07, 6.45) is 10.5. The van der Waals surface area contributed by atoms with Crippen LogP contribution in [0.5, 0.6) is 0 Å². The second-order valence-electron chi connectivity index (χ2n) is 10.8. The molecule has 0 atom stereocenters. The maximum absolute atomic E-state index is 13.7. The van der Waals surface area contributed by atoms with E-state index in [4.69, 9.17) is 0 Å². The molecule has 1 aromatic carbocycles. The van der Waals surface area contributed by atoms with Crippen molar-refractivity contribution in [1.29, 1.82) is 0 Å². The van der Waals surface area contributed by atoms with Crippen LogP contribution in [0.1, 0.15) is 69.1 Å². The molecule has 0 aromatic heterocycles. The molecule has 3 heteroatoms. The van der Waals surface area contributed by atoms with Crippen LogP contribution in [0, 0.1) is 23.2 Å². The Bertz CT molecular complexity index is 800. The number of allylic oxidation sites excluding steroid dienone is 1. The van der Waals surface area contributed by atoms with E-state index >= 15 is 0 Å². The van der Waals surface area contributed by atoms with Gasteiger partial charge < -0.3 is 10.6 Å². The number of nitrogens with one attached hydrogen (secondary N) is 2. The third-order valence-electron chi connectivity index (χ3n) is 7.79.